The Morgan fingerprint density at radius 3 is 2.53 bits per heavy atom. The van der Waals surface area contributed by atoms with Crippen LogP contribution in [-0.4, -0.2) is 31.3 Å². The van der Waals surface area contributed by atoms with Crippen molar-refractivity contribution in [2.45, 2.75) is 19.1 Å². The summed E-state index contributed by atoms with van der Waals surface area (Å²) < 4.78 is 10.6. The number of nitrogens with two attached hydrogens (primary N) is 1. The van der Waals surface area contributed by atoms with E-state index in [9.17, 15) is 0 Å². The Bertz CT molecular complexity index is 265. The van der Waals surface area contributed by atoms with Crippen LogP contribution in [0.3, 0.4) is 0 Å². The lowest BCUT2D eigenvalue weighted by Crippen LogP contribution is -2.28. The molecule has 0 bridgehead atoms. The molecule has 0 saturated carbocycles. The predicted octanol–water partition coefficient (Wildman–Crippen LogP) is 1.13. The van der Waals surface area contributed by atoms with Gasteiger partial charge in [0.25, 0.3) is 0 Å². The Balaban J connectivity index is 2.58. The van der Waals surface area contributed by atoms with Crippen LogP contribution in [0.5, 0.6) is 0 Å². The fourth-order valence-corrected chi connectivity index (χ4v) is 1.36. The van der Waals surface area contributed by atoms with Gasteiger partial charge >= 0.3 is 0 Å². The third kappa shape index (κ3) is 3.95. The molecule has 4 nitrogen and oxygen atoms in total. The van der Waals surface area contributed by atoms with Crippen molar-refractivity contribution in [1.29, 1.82) is 0 Å². The molecule has 84 valence electrons. The molecule has 0 aliphatic heterocycles. The van der Waals surface area contributed by atoms with E-state index in [1.54, 1.807) is 19.5 Å². The van der Waals surface area contributed by atoms with Crippen molar-refractivity contribution in [3.05, 3.63) is 30.1 Å². The Hall–Kier alpha value is -0.970. The molecule has 0 saturated heterocycles. The van der Waals surface area contributed by atoms with Crippen molar-refractivity contribution in [3.8, 4) is 0 Å². The fraction of sp³-hybridized carbons (Fsp3) is 0.545. The Morgan fingerprint density at radius 1 is 1.33 bits per heavy atom. The zero-order valence-corrected chi connectivity index (χ0v) is 9.22. The largest absolute Gasteiger partial charge is 0.382 e. The second kappa shape index (κ2) is 6.50. The van der Waals surface area contributed by atoms with E-state index in [4.69, 9.17) is 15.2 Å². The van der Waals surface area contributed by atoms with Crippen molar-refractivity contribution in [2.24, 2.45) is 5.73 Å². The van der Waals surface area contributed by atoms with Crippen LogP contribution in [0.15, 0.2) is 24.5 Å². The molecular formula is C11H18N2O2. The smallest absolute Gasteiger partial charge is 0.0975 e. The number of hydrogen-bond donors (Lipinski definition) is 1. The molecule has 2 N–H and O–H groups in total. The second-order valence-electron chi connectivity index (χ2n) is 3.42. The van der Waals surface area contributed by atoms with Gasteiger partial charge in [-0.3, -0.25) is 4.98 Å². The minimum absolute atomic E-state index is 0.0516. The normalized spacial score (nSPS) is 14.9. The van der Waals surface area contributed by atoms with Gasteiger partial charge in [-0.2, -0.15) is 0 Å². The maximum Gasteiger partial charge on any atom is 0.0975 e. The first-order chi connectivity index (χ1) is 7.25. The summed E-state index contributed by atoms with van der Waals surface area (Å²) in [6.07, 6.45) is 3.39. The summed E-state index contributed by atoms with van der Waals surface area (Å²) in [4.78, 5) is 3.96. The summed E-state index contributed by atoms with van der Waals surface area (Å²) in [6.45, 7) is 3.05. The lowest BCUT2D eigenvalue weighted by atomic mass is 10.1. The maximum absolute atomic E-state index is 5.86. The van der Waals surface area contributed by atoms with Crippen LogP contribution in [0.2, 0.25) is 0 Å². The molecule has 0 fully saturated rings. The molecule has 0 aliphatic rings. The number of aromatic nitrogens is 1. The Kier molecular flexibility index (Phi) is 5.25. The minimum Gasteiger partial charge on any atom is -0.382 e. The minimum atomic E-state index is -0.0943. The van der Waals surface area contributed by atoms with E-state index in [1.807, 2.05) is 19.1 Å². The first kappa shape index (κ1) is 12.1. The molecule has 4 heteroatoms. The molecule has 15 heavy (non-hydrogen) atoms. The van der Waals surface area contributed by atoms with Crippen molar-refractivity contribution in [3.63, 3.8) is 0 Å². The molecule has 1 aromatic rings. The summed E-state index contributed by atoms with van der Waals surface area (Å²) >= 11 is 0. The fourth-order valence-electron chi connectivity index (χ4n) is 1.36. The number of ether oxygens (including phenoxy) is 2. The van der Waals surface area contributed by atoms with E-state index in [0.717, 1.165) is 5.56 Å². The van der Waals surface area contributed by atoms with Crippen LogP contribution in [0.25, 0.3) is 0 Å². The lowest BCUT2D eigenvalue weighted by molar-refractivity contribution is 0.00614. The van der Waals surface area contributed by atoms with Gasteiger partial charge in [-0.15, -0.1) is 0 Å². The van der Waals surface area contributed by atoms with Crippen LogP contribution >= 0.6 is 0 Å². The van der Waals surface area contributed by atoms with Crippen LogP contribution in [0.4, 0.5) is 0 Å². The summed E-state index contributed by atoms with van der Waals surface area (Å²) in [6, 6.07) is 3.78. The highest BCUT2D eigenvalue weighted by Crippen LogP contribution is 2.18. The quantitative estimate of drug-likeness (QED) is 0.715. The molecule has 1 rings (SSSR count). The summed E-state index contributed by atoms with van der Waals surface area (Å²) in [5, 5.41) is 0. The van der Waals surface area contributed by atoms with Crippen LogP contribution in [0.1, 0.15) is 18.6 Å². The second-order valence-corrected chi connectivity index (χ2v) is 3.42. The van der Waals surface area contributed by atoms with Crippen molar-refractivity contribution in [2.75, 3.05) is 20.3 Å². The van der Waals surface area contributed by atoms with E-state index in [-0.39, 0.29) is 12.1 Å². The van der Waals surface area contributed by atoms with Gasteiger partial charge in [-0.25, -0.2) is 0 Å². The number of pyridine rings is 1. The highest BCUT2D eigenvalue weighted by Gasteiger charge is 2.16. The summed E-state index contributed by atoms with van der Waals surface area (Å²) in [5.41, 5.74) is 6.92. The van der Waals surface area contributed by atoms with Crippen molar-refractivity contribution in [1.82, 2.24) is 4.98 Å². The van der Waals surface area contributed by atoms with Gasteiger partial charge in [0.2, 0.25) is 0 Å². The number of nitrogens with zero attached hydrogens (tertiary/aromatic N) is 1. The third-order valence-electron chi connectivity index (χ3n) is 2.10. The van der Waals surface area contributed by atoms with Crippen molar-refractivity contribution < 1.29 is 9.47 Å². The molecule has 2 atom stereocenters. The standard InChI is InChI=1S/C11H18N2O2/c1-9(12)11(15-8-7-14-2)10-3-5-13-6-4-10/h3-6,9,11H,7-8,12H2,1-2H3. The molecule has 0 aromatic carbocycles. The van der Waals surface area contributed by atoms with Crippen LogP contribution in [0, 0.1) is 0 Å². The van der Waals surface area contributed by atoms with Gasteiger partial charge < -0.3 is 15.2 Å². The molecule has 0 spiro atoms. The first-order valence-electron chi connectivity index (χ1n) is 5.01. The van der Waals surface area contributed by atoms with E-state index in [0.29, 0.717) is 13.2 Å². The number of rotatable bonds is 6. The topological polar surface area (TPSA) is 57.4 Å². The van der Waals surface area contributed by atoms with Crippen LogP contribution < -0.4 is 5.73 Å². The maximum atomic E-state index is 5.86. The van der Waals surface area contributed by atoms with E-state index in [1.165, 1.54) is 0 Å². The molecule has 0 radical (unpaired) electrons. The summed E-state index contributed by atoms with van der Waals surface area (Å²) in [7, 11) is 1.65. The van der Waals surface area contributed by atoms with Gasteiger partial charge in [0.05, 0.1) is 19.3 Å². The highest BCUT2D eigenvalue weighted by molar-refractivity contribution is 5.14. The highest BCUT2D eigenvalue weighted by atomic mass is 16.5. The monoisotopic (exact) mass is 210 g/mol. The predicted molar refractivity (Wildman–Crippen MR) is 58.5 cm³/mol. The average Bonchev–Trinajstić information content (AvgIpc) is 2.25. The first-order valence-corrected chi connectivity index (χ1v) is 5.01. The van der Waals surface area contributed by atoms with E-state index >= 15 is 0 Å². The van der Waals surface area contributed by atoms with Crippen LogP contribution in [-0.2, 0) is 9.47 Å². The average molecular weight is 210 g/mol. The van der Waals surface area contributed by atoms with Gasteiger partial charge in [0.15, 0.2) is 0 Å². The molecule has 0 aliphatic carbocycles. The third-order valence-corrected chi connectivity index (χ3v) is 2.10. The molecular weight excluding hydrogens is 192 g/mol. The molecule has 0 amide bonds. The number of methoxy groups -OCH3 is 1. The zero-order valence-electron chi connectivity index (χ0n) is 9.22. The molecule has 1 aromatic heterocycles. The Morgan fingerprint density at radius 2 is 2.00 bits per heavy atom. The lowest BCUT2D eigenvalue weighted by Gasteiger charge is -2.21. The van der Waals surface area contributed by atoms with Crippen molar-refractivity contribution >= 4 is 0 Å². The van der Waals surface area contributed by atoms with Gasteiger partial charge in [-0.05, 0) is 24.6 Å². The molecule has 2 unspecified atom stereocenters. The molecule has 1 heterocycles. The Labute approximate surface area is 90.4 Å². The summed E-state index contributed by atoms with van der Waals surface area (Å²) in [5.74, 6) is 0. The van der Waals surface area contributed by atoms with E-state index < -0.39 is 0 Å². The van der Waals surface area contributed by atoms with Gasteiger partial charge in [-0.1, -0.05) is 0 Å². The zero-order chi connectivity index (χ0) is 11.1. The van der Waals surface area contributed by atoms with E-state index in [2.05, 4.69) is 4.98 Å². The van der Waals surface area contributed by atoms with Gasteiger partial charge in [0.1, 0.15) is 0 Å². The number of hydrogen-bond acceptors (Lipinski definition) is 4. The SMILES string of the molecule is COCCOC(c1ccncc1)C(C)N. The van der Waals surface area contributed by atoms with Gasteiger partial charge in [0, 0.05) is 25.5 Å².